The summed E-state index contributed by atoms with van der Waals surface area (Å²) in [5.41, 5.74) is 1.72. The molecule has 0 bridgehead atoms. The van der Waals surface area contributed by atoms with Crippen molar-refractivity contribution in [2.45, 2.75) is 57.3 Å². The third-order valence-corrected chi connectivity index (χ3v) is 6.50. The molecule has 1 saturated carbocycles. The fraction of sp³-hybridized carbons (Fsp3) is 0.400. The predicted octanol–water partition coefficient (Wildman–Crippen LogP) is 5.42. The number of rotatable bonds is 10. The largest absolute Gasteiger partial charge is 0.494 e. The lowest BCUT2D eigenvalue weighted by atomic mass is 10.2. The summed E-state index contributed by atoms with van der Waals surface area (Å²) in [7, 11) is 0. The molecule has 1 N–H and O–H groups in total. The van der Waals surface area contributed by atoms with Gasteiger partial charge in [0.15, 0.2) is 11.0 Å². The summed E-state index contributed by atoms with van der Waals surface area (Å²) in [5, 5.41) is 12.3. The van der Waals surface area contributed by atoms with Crippen LogP contribution in [0.25, 0.3) is 11.4 Å². The summed E-state index contributed by atoms with van der Waals surface area (Å²) in [4.78, 5) is 12.4. The van der Waals surface area contributed by atoms with Gasteiger partial charge in [-0.05, 0) is 88.1 Å². The SMILES string of the molecule is CCOc1ccc(NC(=O)CSc2nnc(-c3ccc(OC4CCCC4)cc3)n2CC)cc1. The molecule has 0 saturated heterocycles. The van der Waals surface area contributed by atoms with Gasteiger partial charge in [-0.15, -0.1) is 10.2 Å². The molecule has 33 heavy (non-hydrogen) atoms. The van der Waals surface area contributed by atoms with Crippen LogP contribution in [-0.4, -0.2) is 39.1 Å². The quantitative estimate of drug-likeness (QED) is 0.402. The number of thioether (sulfide) groups is 1. The van der Waals surface area contributed by atoms with E-state index in [0.29, 0.717) is 19.3 Å². The molecule has 8 heteroatoms. The number of carbonyl (C=O) groups is 1. The molecule has 1 heterocycles. The van der Waals surface area contributed by atoms with Crippen molar-refractivity contribution < 1.29 is 14.3 Å². The Morgan fingerprint density at radius 1 is 1.03 bits per heavy atom. The van der Waals surface area contributed by atoms with Gasteiger partial charge in [0.2, 0.25) is 5.91 Å². The van der Waals surface area contributed by atoms with E-state index in [-0.39, 0.29) is 11.7 Å². The minimum absolute atomic E-state index is 0.0928. The average Bonchev–Trinajstić information content (AvgIpc) is 3.49. The Labute approximate surface area is 198 Å². The molecule has 7 nitrogen and oxygen atoms in total. The van der Waals surface area contributed by atoms with Crippen LogP contribution < -0.4 is 14.8 Å². The topological polar surface area (TPSA) is 78.3 Å². The summed E-state index contributed by atoms with van der Waals surface area (Å²) in [6.45, 7) is 5.31. The fourth-order valence-corrected chi connectivity index (χ4v) is 4.71. The summed E-state index contributed by atoms with van der Waals surface area (Å²) in [5.74, 6) is 2.63. The Balaban J connectivity index is 1.35. The second kappa shape index (κ2) is 11.2. The van der Waals surface area contributed by atoms with E-state index >= 15 is 0 Å². The molecule has 1 aliphatic carbocycles. The van der Waals surface area contributed by atoms with E-state index in [1.54, 1.807) is 0 Å². The number of benzene rings is 2. The molecule has 0 aliphatic heterocycles. The standard InChI is InChI=1S/C25H30N4O3S/c1-3-29-24(18-9-13-22(14-10-18)32-21-7-5-6-8-21)27-28-25(29)33-17-23(30)26-19-11-15-20(16-12-19)31-4-2/h9-16,21H,3-8,17H2,1-2H3,(H,26,30). The van der Waals surface area contributed by atoms with Crippen molar-refractivity contribution in [2.24, 2.45) is 0 Å². The van der Waals surface area contributed by atoms with Crippen LogP contribution in [-0.2, 0) is 11.3 Å². The number of carbonyl (C=O) groups excluding carboxylic acids is 1. The van der Waals surface area contributed by atoms with Crippen LogP contribution in [0.2, 0.25) is 0 Å². The molecule has 0 atom stereocenters. The second-order valence-electron chi connectivity index (χ2n) is 7.89. The number of hydrogen-bond acceptors (Lipinski definition) is 6. The van der Waals surface area contributed by atoms with E-state index in [2.05, 4.69) is 22.4 Å². The van der Waals surface area contributed by atoms with Crippen molar-refractivity contribution in [1.82, 2.24) is 14.8 Å². The van der Waals surface area contributed by atoms with Crippen LogP contribution in [0.1, 0.15) is 39.5 Å². The molecule has 0 spiro atoms. The van der Waals surface area contributed by atoms with Crippen LogP contribution in [0.5, 0.6) is 11.5 Å². The van der Waals surface area contributed by atoms with Crippen molar-refractivity contribution in [3.63, 3.8) is 0 Å². The van der Waals surface area contributed by atoms with Crippen LogP contribution in [0.3, 0.4) is 0 Å². The van der Waals surface area contributed by atoms with Crippen LogP contribution in [0, 0.1) is 0 Å². The van der Waals surface area contributed by atoms with Crippen LogP contribution in [0.15, 0.2) is 53.7 Å². The molecule has 4 rings (SSSR count). The van der Waals surface area contributed by atoms with Gasteiger partial charge in [0, 0.05) is 17.8 Å². The molecule has 1 fully saturated rings. The van der Waals surface area contributed by atoms with E-state index in [1.165, 1.54) is 24.6 Å². The lowest BCUT2D eigenvalue weighted by Gasteiger charge is -2.13. The maximum Gasteiger partial charge on any atom is 0.234 e. The van der Waals surface area contributed by atoms with Gasteiger partial charge < -0.3 is 19.4 Å². The van der Waals surface area contributed by atoms with E-state index < -0.39 is 0 Å². The van der Waals surface area contributed by atoms with Crippen molar-refractivity contribution in [2.75, 3.05) is 17.7 Å². The van der Waals surface area contributed by atoms with Gasteiger partial charge in [-0.1, -0.05) is 11.8 Å². The number of aromatic nitrogens is 3. The zero-order valence-corrected chi connectivity index (χ0v) is 19.9. The fourth-order valence-electron chi connectivity index (χ4n) is 3.90. The molecule has 174 valence electrons. The normalized spacial score (nSPS) is 13.8. The van der Waals surface area contributed by atoms with Gasteiger partial charge in [-0.2, -0.15) is 0 Å². The smallest absolute Gasteiger partial charge is 0.234 e. The molecule has 3 aromatic rings. The van der Waals surface area contributed by atoms with E-state index in [9.17, 15) is 4.79 Å². The maximum atomic E-state index is 12.4. The Hall–Kier alpha value is -3.00. The second-order valence-corrected chi connectivity index (χ2v) is 8.84. The summed E-state index contributed by atoms with van der Waals surface area (Å²) in [6, 6.07) is 15.4. The van der Waals surface area contributed by atoms with E-state index in [1.807, 2.05) is 60.0 Å². The first-order valence-electron chi connectivity index (χ1n) is 11.5. The molecule has 2 aromatic carbocycles. The first kappa shape index (κ1) is 23.2. The monoisotopic (exact) mass is 466 g/mol. The first-order chi connectivity index (χ1) is 16.2. The summed E-state index contributed by atoms with van der Waals surface area (Å²) in [6.07, 6.45) is 5.12. The lowest BCUT2D eigenvalue weighted by molar-refractivity contribution is -0.113. The Kier molecular flexibility index (Phi) is 7.88. The highest BCUT2D eigenvalue weighted by molar-refractivity contribution is 7.99. The summed E-state index contributed by atoms with van der Waals surface area (Å²) < 4.78 is 13.5. The Bertz CT molecular complexity index is 1040. The number of amides is 1. The van der Waals surface area contributed by atoms with Gasteiger partial charge >= 0.3 is 0 Å². The predicted molar refractivity (Wildman–Crippen MR) is 131 cm³/mol. The Morgan fingerprint density at radius 2 is 1.73 bits per heavy atom. The highest BCUT2D eigenvalue weighted by Crippen LogP contribution is 2.28. The minimum atomic E-state index is -0.0928. The first-order valence-corrected chi connectivity index (χ1v) is 12.5. The van der Waals surface area contributed by atoms with Gasteiger partial charge in [0.1, 0.15) is 11.5 Å². The van der Waals surface area contributed by atoms with Crippen molar-refractivity contribution >= 4 is 23.4 Å². The number of anilines is 1. The third-order valence-electron chi connectivity index (χ3n) is 5.53. The minimum Gasteiger partial charge on any atom is -0.494 e. The third kappa shape index (κ3) is 6.07. The van der Waals surface area contributed by atoms with Gasteiger partial charge in [0.25, 0.3) is 0 Å². The number of ether oxygens (including phenoxy) is 2. The molecule has 1 aliphatic rings. The van der Waals surface area contributed by atoms with E-state index in [0.717, 1.165) is 46.6 Å². The van der Waals surface area contributed by atoms with Gasteiger partial charge in [-0.3, -0.25) is 4.79 Å². The van der Waals surface area contributed by atoms with Gasteiger partial charge in [0.05, 0.1) is 18.5 Å². The molecule has 1 amide bonds. The van der Waals surface area contributed by atoms with Crippen molar-refractivity contribution in [3.05, 3.63) is 48.5 Å². The van der Waals surface area contributed by atoms with Crippen LogP contribution >= 0.6 is 11.8 Å². The van der Waals surface area contributed by atoms with Crippen LogP contribution in [0.4, 0.5) is 5.69 Å². The van der Waals surface area contributed by atoms with Crippen molar-refractivity contribution in [1.29, 1.82) is 0 Å². The number of nitrogens with one attached hydrogen (secondary N) is 1. The lowest BCUT2D eigenvalue weighted by Crippen LogP contribution is -2.14. The molecule has 0 radical (unpaired) electrons. The highest BCUT2D eigenvalue weighted by atomic mass is 32.2. The molecular formula is C25H30N4O3S. The maximum absolute atomic E-state index is 12.4. The van der Waals surface area contributed by atoms with E-state index in [4.69, 9.17) is 9.47 Å². The van der Waals surface area contributed by atoms with Gasteiger partial charge in [-0.25, -0.2) is 0 Å². The average molecular weight is 467 g/mol. The number of hydrogen-bond donors (Lipinski definition) is 1. The molecule has 0 unspecified atom stereocenters. The zero-order chi connectivity index (χ0) is 23.0. The molecule has 1 aromatic heterocycles. The van der Waals surface area contributed by atoms with Crippen molar-refractivity contribution in [3.8, 4) is 22.9 Å². The number of nitrogens with zero attached hydrogens (tertiary/aromatic N) is 3. The Morgan fingerprint density at radius 3 is 2.39 bits per heavy atom. The molecular weight excluding hydrogens is 436 g/mol. The zero-order valence-electron chi connectivity index (χ0n) is 19.1. The highest BCUT2D eigenvalue weighted by Gasteiger charge is 2.18. The summed E-state index contributed by atoms with van der Waals surface area (Å²) >= 11 is 1.38.